The Morgan fingerprint density at radius 2 is 2.03 bits per heavy atom. The third kappa shape index (κ3) is 3.75. The Bertz CT molecular complexity index is 1140. The van der Waals surface area contributed by atoms with Gasteiger partial charge < -0.3 is 24.3 Å². The molecule has 0 amide bonds. The molecule has 2 aliphatic rings. The van der Waals surface area contributed by atoms with Crippen molar-refractivity contribution in [2.75, 3.05) is 33.6 Å². The van der Waals surface area contributed by atoms with Crippen LogP contribution in [0.25, 0.3) is 10.9 Å². The highest BCUT2D eigenvalue weighted by atomic mass is 16.7. The molecular formula is C20H24N6O5. The Labute approximate surface area is 177 Å². The molecule has 5 rings (SSSR count). The molecule has 1 unspecified atom stereocenters. The van der Waals surface area contributed by atoms with Gasteiger partial charge in [0.15, 0.2) is 17.3 Å². The molecular weight excluding hydrogens is 404 g/mol. The van der Waals surface area contributed by atoms with Crippen molar-refractivity contribution in [3.63, 3.8) is 0 Å². The maximum Gasteiger partial charge on any atom is 0.253 e. The summed E-state index contributed by atoms with van der Waals surface area (Å²) in [7, 11) is 1.62. The summed E-state index contributed by atoms with van der Waals surface area (Å²) in [5, 5.41) is 23.0. The summed E-state index contributed by atoms with van der Waals surface area (Å²) < 4.78 is 17.8. The molecule has 31 heavy (non-hydrogen) atoms. The first kappa shape index (κ1) is 19.9. The standard InChI is InChI=1S/C20H24N6O5/c1-29-7-6-26-19(22-23-24-26)18(25-4-2-13(27)3-5-25)14-8-12-9-16-17(31-11-30-16)10-15(12)21-20(14)28/h8-10,13,18,27H,2-7,11H2,1H3,(H,21,28). The highest BCUT2D eigenvalue weighted by Gasteiger charge is 2.33. The fourth-order valence-corrected chi connectivity index (χ4v) is 4.20. The van der Waals surface area contributed by atoms with E-state index in [4.69, 9.17) is 14.2 Å². The fourth-order valence-electron chi connectivity index (χ4n) is 4.20. The van der Waals surface area contributed by atoms with Crippen molar-refractivity contribution in [1.29, 1.82) is 0 Å². The van der Waals surface area contributed by atoms with Gasteiger partial charge in [-0.05, 0) is 35.4 Å². The number of aromatic amines is 1. The number of piperidine rings is 1. The Hall–Kier alpha value is -3.02. The number of aliphatic hydroxyl groups is 1. The van der Waals surface area contributed by atoms with E-state index in [1.807, 2.05) is 12.1 Å². The minimum Gasteiger partial charge on any atom is -0.454 e. The van der Waals surface area contributed by atoms with Gasteiger partial charge in [-0.15, -0.1) is 5.10 Å². The third-order valence-electron chi connectivity index (χ3n) is 5.84. The number of aliphatic hydroxyl groups excluding tert-OH is 1. The van der Waals surface area contributed by atoms with Gasteiger partial charge in [-0.3, -0.25) is 9.69 Å². The Morgan fingerprint density at radius 1 is 1.26 bits per heavy atom. The van der Waals surface area contributed by atoms with Crippen LogP contribution in [0.2, 0.25) is 0 Å². The molecule has 0 bridgehead atoms. The van der Waals surface area contributed by atoms with Crippen LogP contribution in [0.3, 0.4) is 0 Å². The molecule has 11 heteroatoms. The number of ether oxygens (including phenoxy) is 3. The molecule has 0 aliphatic carbocycles. The summed E-state index contributed by atoms with van der Waals surface area (Å²) in [5.74, 6) is 1.83. The first-order valence-electron chi connectivity index (χ1n) is 10.3. The lowest BCUT2D eigenvalue weighted by Gasteiger charge is -2.35. The monoisotopic (exact) mass is 428 g/mol. The number of nitrogens with one attached hydrogen (secondary N) is 1. The fraction of sp³-hybridized carbons (Fsp3) is 0.500. The molecule has 2 aliphatic heterocycles. The zero-order valence-corrected chi connectivity index (χ0v) is 17.2. The van der Waals surface area contributed by atoms with Crippen LogP contribution in [0, 0.1) is 0 Å². The van der Waals surface area contributed by atoms with Crippen LogP contribution in [-0.4, -0.2) is 74.9 Å². The lowest BCUT2D eigenvalue weighted by molar-refractivity contribution is 0.0654. The van der Waals surface area contributed by atoms with Crippen molar-refractivity contribution < 1.29 is 19.3 Å². The zero-order valence-electron chi connectivity index (χ0n) is 17.2. The number of H-pyrrole nitrogens is 1. The number of methoxy groups -OCH3 is 1. The number of tetrazole rings is 1. The number of hydrogen-bond donors (Lipinski definition) is 2. The molecule has 2 aromatic heterocycles. The van der Waals surface area contributed by atoms with Crippen LogP contribution in [-0.2, 0) is 11.3 Å². The van der Waals surface area contributed by atoms with E-state index in [0.717, 1.165) is 5.39 Å². The molecule has 1 fully saturated rings. The Kier molecular flexibility index (Phi) is 5.30. The minimum atomic E-state index is -0.460. The van der Waals surface area contributed by atoms with E-state index in [-0.39, 0.29) is 18.5 Å². The maximum atomic E-state index is 13.2. The molecule has 0 radical (unpaired) electrons. The lowest BCUT2D eigenvalue weighted by Crippen LogP contribution is -2.41. The van der Waals surface area contributed by atoms with Gasteiger partial charge in [-0.1, -0.05) is 0 Å². The average Bonchev–Trinajstić information content (AvgIpc) is 3.41. The van der Waals surface area contributed by atoms with E-state index in [0.29, 0.717) is 67.5 Å². The molecule has 2 N–H and O–H groups in total. The largest absolute Gasteiger partial charge is 0.454 e. The summed E-state index contributed by atoms with van der Waals surface area (Å²) >= 11 is 0. The lowest BCUT2D eigenvalue weighted by atomic mass is 9.99. The van der Waals surface area contributed by atoms with Crippen LogP contribution >= 0.6 is 0 Å². The van der Waals surface area contributed by atoms with Gasteiger partial charge in [0, 0.05) is 37.2 Å². The van der Waals surface area contributed by atoms with Crippen molar-refractivity contribution >= 4 is 10.9 Å². The molecule has 1 saturated heterocycles. The van der Waals surface area contributed by atoms with Crippen LogP contribution in [0.4, 0.5) is 0 Å². The Balaban J connectivity index is 1.61. The van der Waals surface area contributed by atoms with E-state index in [2.05, 4.69) is 25.4 Å². The van der Waals surface area contributed by atoms with Gasteiger partial charge in [0.1, 0.15) is 6.04 Å². The maximum absolute atomic E-state index is 13.2. The first-order chi connectivity index (χ1) is 15.1. The highest BCUT2D eigenvalue weighted by molar-refractivity contribution is 5.83. The summed E-state index contributed by atoms with van der Waals surface area (Å²) in [5.41, 5.74) is 0.991. The second kappa shape index (κ2) is 8.25. The molecule has 1 aromatic carbocycles. The number of pyridine rings is 1. The van der Waals surface area contributed by atoms with Crippen molar-refractivity contribution in [2.24, 2.45) is 0 Å². The predicted octanol–water partition coefficient (Wildman–Crippen LogP) is 0.436. The second-order valence-electron chi connectivity index (χ2n) is 7.77. The van der Waals surface area contributed by atoms with Gasteiger partial charge >= 0.3 is 0 Å². The first-order valence-corrected chi connectivity index (χ1v) is 10.3. The van der Waals surface area contributed by atoms with E-state index >= 15 is 0 Å². The van der Waals surface area contributed by atoms with Gasteiger partial charge in [-0.2, -0.15) is 0 Å². The van der Waals surface area contributed by atoms with Gasteiger partial charge in [-0.25, -0.2) is 4.68 Å². The SMILES string of the molecule is COCCn1nnnc1C(c1cc2cc3c(cc2[nH]c1=O)OCO3)N1CCC(O)CC1. The molecule has 3 aromatic rings. The molecule has 0 spiro atoms. The number of likely N-dealkylation sites (tertiary alicyclic amines) is 1. The van der Waals surface area contributed by atoms with Gasteiger partial charge in [0.25, 0.3) is 5.56 Å². The van der Waals surface area contributed by atoms with Crippen molar-refractivity contribution in [3.8, 4) is 11.5 Å². The number of fused-ring (bicyclic) bond motifs is 2. The van der Waals surface area contributed by atoms with E-state index in [9.17, 15) is 9.90 Å². The quantitative estimate of drug-likeness (QED) is 0.575. The number of hydrogen-bond acceptors (Lipinski definition) is 9. The summed E-state index contributed by atoms with van der Waals surface area (Å²) in [4.78, 5) is 18.3. The molecule has 11 nitrogen and oxygen atoms in total. The van der Waals surface area contributed by atoms with E-state index < -0.39 is 6.04 Å². The number of nitrogens with zero attached hydrogens (tertiary/aromatic N) is 5. The van der Waals surface area contributed by atoms with Crippen LogP contribution in [0.5, 0.6) is 11.5 Å². The normalized spacial score (nSPS) is 18.0. The number of aromatic nitrogens is 5. The van der Waals surface area contributed by atoms with E-state index in [1.165, 1.54) is 0 Å². The van der Waals surface area contributed by atoms with Gasteiger partial charge in [0.05, 0.1) is 24.8 Å². The predicted molar refractivity (Wildman–Crippen MR) is 109 cm³/mol. The number of rotatable bonds is 6. The molecule has 0 saturated carbocycles. The van der Waals surface area contributed by atoms with Gasteiger partial charge in [0.2, 0.25) is 6.79 Å². The summed E-state index contributed by atoms with van der Waals surface area (Å²) in [6, 6.07) is 5.04. The van der Waals surface area contributed by atoms with Crippen LogP contribution in [0.1, 0.15) is 30.3 Å². The van der Waals surface area contributed by atoms with E-state index in [1.54, 1.807) is 17.9 Å². The molecule has 4 heterocycles. The minimum absolute atomic E-state index is 0.162. The smallest absolute Gasteiger partial charge is 0.253 e. The highest BCUT2D eigenvalue weighted by Crippen LogP contribution is 2.36. The average molecular weight is 428 g/mol. The molecule has 1 atom stereocenters. The van der Waals surface area contributed by atoms with Crippen molar-refractivity contribution in [1.82, 2.24) is 30.1 Å². The summed E-state index contributed by atoms with van der Waals surface area (Å²) in [6.07, 6.45) is 0.914. The van der Waals surface area contributed by atoms with Crippen LogP contribution in [0.15, 0.2) is 23.0 Å². The molecule has 164 valence electrons. The second-order valence-corrected chi connectivity index (χ2v) is 7.77. The van der Waals surface area contributed by atoms with Crippen molar-refractivity contribution in [2.45, 2.75) is 31.5 Å². The third-order valence-corrected chi connectivity index (χ3v) is 5.84. The summed E-state index contributed by atoms with van der Waals surface area (Å²) in [6.45, 7) is 2.33. The number of benzene rings is 1. The Morgan fingerprint density at radius 3 is 2.81 bits per heavy atom. The van der Waals surface area contributed by atoms with Crippen molar-refractivity contribution in [3.05, 3.63) is 39.9 Å². The zero-order chi connectivity index (χ0) is 21.4. The van der Waals surface area contributed by atoms with Crippen LogP contribution < -0.4 is 15.0 Å². The topological polar surface area (TPSA) is 128 Å².